The van der Waals surface area contributed by atoms with Crippen LogP contribution in [0.2, 0.25) is 0 Å². The monoisotopic (exact) mass is 843 g/mol. The predicted octanol–water partition coefficient (Wildman–Crippen LogP) is 2.37. The van der Waals surface area contributed by atoms with Crippen LogP contribution in [0.3, 0.4) is 0 Å². The van der Waals surface area contributed by atoms with Crippen LogP contribution < -0.4 is 0 Å². The van der Waals surface area contributed by atoms with Gasteiger partial charge in [-0.2, -0.15) is 0 Å². The van der Waals surface area contributed by atoms with E-state index in [-0.39, 0.29) is 44.3 Å². The van der Waals surface area contributed by atoms with Crippen molar-refractivity contribution in [3.8, 4) is 0 Å². The lowest BCUT2D eigenvalue weighted by Gasteiger charge is -2.50. The Bertz CT molecular complexity index is 1410. The summed E-state index contributed by atoms with van der Waals surface area (Å²) in [6.45, 7) is 12.0. The summed E-state index contributed by atoms with van der Waals surface area (Å²) in [5, 5.41) is 34.7. The molecule has 59 heavy (non-hydrogen) atoms. The third-order valence-corrected chi connectivity index (χ3v) is 11.7. The van der Waals surface area contributed by atoms with Crippen molar-refractivity contribution >= 4 is 24.2 Å². The van der Waals surface area contributed by atoms with Gasteiger partial charge in [-0.15, -0.1) is 0 Å². The maximum atomic E-state index is 13.4. The van der Waals surface area contributed by atoms with Crippen LogP contribution in [-0.2, 0) is 61.8 Å². The van der Waals surface area contributed by atoms with Crippen molar-refractivity contribution < 1.29 is 77.1 Å². The molecular formula is C42H69NO16. The molecule has 0 aromatic rings. The third-order valence-electron chi connectivity index (χ3n) is 11.7. The molecule has 0 aliphatic carbocycles. The Morgan fingerprint density at radius 1 is 0.949 bits per heavy atom. The number of carbonyl (C=O) groups is 4. The van der Waals surface area contributed by atoms with Crippen LogP contribution in [0.25, 0.3) is 0 Å². The fourth-order valence-electron chi connectivity index (χ4n) is 8.54. The summed E-state index contributed by atoms with van der Waals surface area (Å²) >= 11 is 0. The normalized spacial score (nSPS) is 42.9. The summed E-state index contributed by atoms with van der Waals surface area (Å²) in [7, 11) is 4.87. The molecule has 0 radical (unpaired) electrons. The third kappa shape index (κ3) is 13.2. The second-order valence-corrected chi connectivity index (χ2v) is 17.1. The number of methoxy groups -OCH3 is 1. The van der Waals surface area contributed by atoms with E-state index in [1.807, 2.05) is 13.8 Å². The number of esters is 3. The molecule has 18 atom stereocenters. The van der Waals surface area contributed by atoms with Crippen molar-refractivity contribution in [2.75, 3.05) is 21.2 Å². The molecule has 17 heteroatoms. The highest BCUT2D eigenvalue weighted by Crippen LogP contribution is 2.38. The van der Waals surface area contributed by atoms with Crippen LogP contribution >= 0.6 is 0 Å². The second kappa shape index (κ2) is 22.0. The first-order valence-electron chi connectivity index (χ1n) is 21.1. The molecule has 17 nitrogen and oxygen atoms in total. The number of fused-ring (bicyclic) bond motifs is 1. The quantitative estimate of drug-likeness (QED) is 0.0797. The number of cyclic esters (lactones) is 1. The largest absolute Gasteiger partial charge is 0.462 e. The molecule has 3 fully saturated rings. The van der Waals surface area contributed by atoms with Gasteiger partial charge in [0.15, 0.2) is 18.7 Å². The first-order valence-corrected chi connectivity index (χ1v) is 21.1. The van der Waals surface area contributed by atoms with Crippen molar-refractivity contribution in [2.45, 2.75) is 197 Å². The second-order valence-electron chi connectivity index (χ2n) is 17.1. The van der Waals surface area contributed by atoms with E-state index in [4.69, 9.17) is 42.6 Å². The van der Waals surface area contributed by atoms with Crippen LogP contribution in [0.15, 0.2) is 12.2 Å². The summed E-state index contributed by atoms with van der Waals surface area (Å²) in [6, 6.07) is -0.783. The molecule has 0 spiro atoms. The molecule has 3 N–H and O–H groups in total. The van der Waals surface area contributed by atoms with Gasteiger partial charge in [0.05, 0.1) is 43.0 Å². The molecular weight excluding hydrogens is 774 g/mol. The number of hydrogen-bond donors (Lipinski definition) is 3. The van der Waals surface area contributed by atoms with Crippen LogP contribution in [0.4, 0.5) is 0 Å². The molecule has 0 amide bonds. The average Bonchev–Trinajstić information content (AvgIpc) is 3.89. The summed E-state index contributed by atoms with van der Waals surface area (Å²) in [5.74, 6) is -2.82. The van der Waals surface area contributed by atoms with E-state index in [0.717, 1.165) is 6.29 Å². The van der Waals surface area contributed by atoms with Crippen LogP contribution in [0.5, 0.6) is 0 Å². The van der Waals surface area contributed by atoms with Crippen molar-refractivity contribution in [1.29, 1.82) is 0 Å². The molecule has 0 bridgehead atoms. The minimum absolute atomic E-state index is 0.00487. The fourth-order valence-corrected chi connectivity index (χ4v) is 8.54. The van der Waals surface area contributed by atoms with Gasteiger partial charge in [-0.05, 0) is 66.5 Å². The van der Waals surface area contributed by atoms with Crippen LogP contribution in [-0.4, -0.2) is 163 Å². The highest BCUT2D eigenvalue weighted by atomic mass is 16.7. The maximum absolute atomic E-state index is 13.4. The Balaban J connectivity index is 1.66. The van der Waals surface area contributed by atoms with Crippen molar-refractivity contribution in [1.82, 2.24) is 4.90 Å². The van der Waals surface area contributed by atoms with Crippen LogP contribution in [0.1, 0.15) is 99.8 Å². The zero-order valence-corrected chi connectivity index (χ0v) is 36.3. The number of carbonyl (C=O) groups excluding carboxylic acids is 4. The summed E-state index contributed by atoms with van der Waals surface area (Å²) in [5.41, 5.74) is -1.49. The van der Waals surface area contributed by atoms with Gasteiger partial charge in [0, 0.05) is 39.2 Å². The molecule has 0 aromatic heterocycles. The molecule has 0 saturated carbocycles. The van der Waals surface area contributed by atoms with Gasteiger partial charge in [-0.1, -0.05) is 32.9 Å². The first-order chi connectivity index (χ1) is 27.8. The van der Waals surface area contributed by atoms with E-state index in [1.54, 1.807) is 65.8 Å². The van der Waals surface area contributed by atoms with E-state index >= 15 is 0 Å². The number of likely N-dealkylation sites (N-methyl/N-ethyl adjacent to an activating group) is 1. The Labute approximate surface area is 348 Å². The fraction of sp³-hybridized carbons (Fsp3) is 0.857. The summed E-state index contributed by atoms with van der Waals surface area (Å²) in [6.07, 6.45) is -7.41. The number of hydrogen-bond acceptors (Lipinski definition) is 17. The van der Waals surface area contributed by atoms with Gasteiger partial charge in [0.25, 0.3) is 0 Å². The van der Waals surface area contributed by atoms with Gasteiger partial charge in [0.1, 0.15) is 48.5 Å². The molecule has 1 unspecified atom stereocenters. The SMILES string of the molecule is CCCC(=O)O[C@H]1[C@H](C)O[C@@H](O[C@H]2[C@H](N(C)C)[C@@H](O)[C@H](OC3[C@@H](CC=O)C[C@@H](C)[C@@H](O)/C=C/[C@@H]4O[C@H]4C[C@@H](C)OC(=O)C[C@@H](OC(=O)CC)[C@@H]3OC)O[C@@H]2C)C[C@@]1(C)O. The van der Waals surface area contributed by atoms with Crippen molar-refractivity contribution in [2.24, 2.45) is 11.8 Å². The van der Waals surface area contributed by atoms with Crippen molar-refractivity contribution in [3.05, 3.63) is 12.2 Å². The molecule has 0 aromatic carbocycles. The molecule has 4 aliphatic heterocycles. The molecule has 4 rings (SSSR count). The zero-order valence-electron chi connectivity index (χ0n) is 36.3. The standard InChI is InChI=1S/C42H69NO16/c1-11-13-32(47)57-40-25(6)53-34(21-42(40,7)50)58-37-24(5)54-41(36(49)35(37)43(8)9)59-38-26(16-17-44)18-22(3)27(45)14-15-28-29(55-28)19-23(4)52-33(48)20-30(39(38)51-10)56-31(46)12-2/h14-15,17,22-30,34-41,45,49-50H,11-13,16,18-21H2,1-10H3/b15-14+/t22-,23-,24-,25+,26+,27+,28+,29+,30-,34+,35-,36-,37-,38?,39+,40+,41+,42-/m1/s1. The minimum Gasteiger partial charge on any atom is -0.462 e. The first kappa shape index (κ1) is 49.1. The van der Waals surface area contributed by atoms with Gasteiger partial charge >= 0.3 is 17.9 Å². The van der Waals surface area contributed by atoms with E-state index in [2.05, 4.69) is 0 Å². The Morgan fingerprint density at radius 3 is 2.27 bits per heavy atom. The number of nitrogens with zero attached hydrogens (tertiary/aromatic N) is 1. The Kier molecular flexibility index (Phi) is 18.3. The lowest BCUT2D eigenvalue weighted by atomic mass is 9.82. The number of aldehydes is 1. The number of ether oxygens (including phenoxy) is 9. The summed E-state index contributed by atoms with van der Waals surface area (Å²) in [4.78, 5) is 52.7. The van der Waals surface area contributed by atoms with Gasteiger partial charge < -0.3 is 67.6 Å². The number of rotatable bonds is 13. The number of aliphatic hydroxyl groups excluding tert-OH is 2. The van der Waals surface area contributed by atoms with Gasteiger partial charge in [-0.3, -0.25) is 14.4 Å². The topological polar surface area (TPSA) is 219 Å². The predicted molar refractivity (Wildman–Crippen MR) is 209 cm³/mol. The highest BCUT2D eigenvalue weighted by Gasteiger charge is 2.53. The molecule has 4 heterocycles. The smallest absolute Gasteiger partial charge is 0.309 e. The van der Waals surface area contributed by atoms with Gasteiger partial charge in [-0.25, -0.2) is 0 Å². The van der Waals surface area contributed by atoms with Crippen LogP contribution in [0, 0.1) is 11.8 Å². The van der Waals surface area contributed by atoms with E-state index in [0.29, 0.717) is 12.8 Å². The van der Waals surface area contributed by atoms with Gasteiger partial charge in [0.2, 0.25) is 0 Å². The van der Waals surface area contributed by atoms with E-state index < -0.39 is 121 Å². The number of epoxide rings is 1. The Morgan fingerprint density at radius 2 is 1.66 bits per heavy atom. The van der Waals surface area contributed by atoms with E-state index in [1.165, 1.54) is 7.11 Å². The Hall–Kier alpha value is -2.58. The molecule has 338 valence electrons. The summed E-state index contributed by atoms with van der Waals surface area (Å²) < 4.78 is 54.6. The van der Waals surface area contributed by atoms with Crippen molar-refractivity contribution in [3.63, 3.8) is 0 Å². The number of aliphatic hydroxyl groups is 3. The lowest BCUT2D eigenvalue weighted by molar-refractivity contribution is -0.344. The molecule has 4 aliphatic rings. The average molecular weight is 844 g/mol. The zero-order chi connectivity index (χ0) is 43.8. The highest BCUT2D eigenvalue weighted by molar-refractivity contribution is 5.72. The molecule has 3 saturated heterocycles. The van der Waals surface area contributed by atoms with E-state index in [9.17, 15) is 34.5 Å². The lowest BCUT2D eigenvalue weighted by Crippen LogP contribution is -2.66. The minimum atomic E-state index is -1.49. The maximum Gasteiger partial charge on any atom is 0.309 e.